The van der Waals surface area contributed by atoms with E-state index in [-0.39, 0.29) is 17.0 Å². The van der Waals surface area contributed by atoms with Crippen LogP contribution in [-0.2, 0) is 0 Å². The number of carbonyl (C=O) groups excluding carboxylic acids is 1. The van der Waals surface area contributed by atoms with E-state index in [1.54, 1.807) is 36.9 Å². The first-order valence-corrected chi connectivity index (χ1v) is 10.2. The van der Waals surface area contributed by atoms with Gasteiger partial charge in [0.25, 0.3) is 5.91 Å². The zero-order valence-corrected chi connectivity index (χ0v) is 17.2. The molecule has 0 radical (unpaired) electrons. The Labute approximate surface area is 176 Å². The van der Waals surface area contributed by atoms with Crippen molar-refractivity contribution in [2.45, 2.75) is 6.92 Å². The van der Waals surface area contributed by atoms with E-state index in [1.807, 2.05) is 37.3 Å². The summed E-state index contributed by atoms with van der Waals surface area (Å²) in [4.78, 5) is 21.7. The molecule has 0 spiro atoms. The number of hydrogen-bond donors (Lipinski definition) is 1. The van der Waals surface area contributed by atoms with Gasteiger partial charge in [-0.1, -0.05) is 24.3 Å². The number of fused-ring (bicyclic) bond motifs is 1. The first-order chi connectivity index (χ1) is 14.7. The van der Waals surface area contributed by atoms with Crippen LogP contribution in [0.4, 0.5) is 10.8 Å². The summed E-state index contributed by atoms with van der Waals surface area (Å²) in [5.74, 6) is 0.779. The zero-order valence-electron chi connectivity index (χ0n) is 16.4. The van der Waals surface area contributed by atoms with Crippen LogP contribution in [0.1, 0.15) is 17.3 Å². The number of methoxy groups -OCH3 is 1. The molecule has 7 nitrogen and oxygen atoms in total. The molecular weight excluding hydrogens is 402 g/mol. The Kier molecular flexibility index (Phi) is 5.76. The molecule has 0 bridgehead atoms. The molecule has 2 aromatic heterocycles. The average Bonchev–Trinajstić information content (AvgIpc) is 3.27. The molecule has 30 heavy (non-hydrogen) atoms. The van der Waals surface area contributed by atoms with E-state index >= 15 is 0 Å². The number of nitrogens with zero attached hydrogens (tertiary/aromatic N) is 2. The molecule has 1 amide bonds. The smallest absolute Gasteiger partial charge is 0.262 e. The highest BCUT2D eigenvalue weighted by Gasteiger charge is 2.16. The normalized spacial score (nSPS) is 11.5. The average molecular weight is 421 g/mol. The molecule has 152 valence electrons. The molecule has 4 rings (SSSR count). The summed E-state index contributed by atoms with van der Waals surface area (Å²) in [5.41, 5.74) is 1.48. The second-order valence-corrected chi connectivity index (χ2v) is 7.04. The van der Waals surface area contributed by atoms with Gasteiger partial charge in [-0.15, -0.1) is 11.3 Å². The zero-order chi connectivity index (χ0) is 20.9. The molecule has 0 aliphatic heterocycles. The molecule has 0 fully saturated rings. The fraction of sp³-hybridized carbons (Fsp3) is 0.136. The van der Waals surface area contributed by atoms with Crippen molar-refractivity contribution in [3.8, 4) is 11.5 Å². The topological polar surface area (TPSA) is 86.0 Å². The van der Waals surface area contributed by atoms with Crippen LogP contribution in [0.15, 0.2) is 69.5 Å². The second kappa shape index (κ2) is 8.79. The highest BCUT2D eigenvalue weighted by atomic mass is 32.1. The SMILES string of the molecule is CCOc1ccccc1N=c1oc2c(OC)cccc2cc1C(=O)Nc1nccs1. The van der Waals surface area contributed by atoms with Gasteiger partial charge in [-0.25, -0.2) is 9.98 Å². The van der Waals surface area contributed by atoms with Gasteiger partial charge in [-0.2, -0.15) is 0 Å². The van der Waals surface area contributed by atoms with Crippen molar-refractivity contribution in [2.24, 2.45) is 4.99 Å². The molecule has 0 aliphatic carbocycles. The highest BCUT2D eigenvalue weighted by Crippen LogP contribution is 2.28. The van der Waals surface area contributed by atoms with Gasteiger partial charge in [-0.05, 0) is 31.2 Å². The standard InChI is InChI=1S/C22H19N3O4S/c1-3-28-17-9-5-4-8-16(17)24-21-15(20(26)25-22-23-11-12-30-22)13-14-7-6-10-18(27-2)19(14)29-21/h4-13H,3H2,1-2H3,(H,23,25,26). The Hall–Kier alpha value is -3.65. The molecule has 4 aromatic rings. The van der Waals surface area contributed by atoms with Crippen LogP contribution < -0.4 is 20.3 Å². The van der Waals surface area contributed by atoms with E-state index in [2.05, 4.69) is 15.3 Å². The van der Waals surface area contributed by atoms with Crippen molar-refractivity contribution in [3.05, 3.63) is 71.2 Å². The predicted molar refractivity (Wildman–Crippen MR) is 116 cm³/mol. The van der Waals surface area contributed by atoms with Crippen LogP contribution in [0.5, 0.6) is 11.5 Å². The molecule has 2 aromatic carbocycles. The van der Waals surface area contributed by atoms with E-state index in [4.69, 9.17) is 13.9 Å². The Morgan fingerprint density at radius 1 is 1.20 bits per heavy atom. The molecule has 8 heteroatoms. The Balaban J connectivity index is 1.92. The third-order valence-electron chi connectivity index (χ3n) is 4.24. The third kappa shape index (κ3) is 4.04. The molecule has 1 N–H and O–H groups in total. The number of aromatic nitrogens is 1. The Morgan fingerprint density at radius 3 is 2.80 bits per heavy atom. The molecule has 0 saturated heterocycles. The number of anilines is 1. The summed E-state index contributed by atoms with van der Waals surface area (Å²) in [6.07, 6.45) is 1.62. The first kappa shape index (κ1) is 19.7. The van der Waals surface area contributed by atoms with E-state index in [9.17, 15) is 4.79 Å². The van der Waals surface area contributed by atoms with Crippen LogP contribution in [0.3, 0.4) is 0 Å². The number of para-hydroxylation sites is 3. The maximum Gasteiger partial charge on any atom is 0.262 e. The quantitative estimate of drug-likeness (QED) is 0.484. The maximum absolute atomic E-state index is 13.0. The van der Waals surface area contributed by atoms with Crippen molar-refractivity contribution < 1.29 is 18.7 Å². The molecule has 0 unspecified atom stereocenters. The molecule has 0 aliphatic rings. The largest absolute Gasteiger partial charge is 0.493 e. The fourth-order valence-electron chi connectivity index (χ4n) is 2.92. The monoisotopic (exact) mass is 421 g/mol. The molecular formula is C22H19N3O4S. The lowest BCUT2D eigenvalue weighted by Crippen LogP contribution is -2.21. The van der Waals surface area contributed by atoms with Crippen molar-refractivity contribution in [1.29, 1.82) is 0 Å². The van der Waals surface area contributed by atoms with Gasteiger partial charge in [0.15, 0.2) is 16.5 Å². The summed E-state index contributed by atoms with van der Waals surface area (Å²) < 4.78 is 17.1. The van der Waals surface area contributed by atoms with E-state index in [0.29, 0.717) is 34.5 Å². The van der Waals surface area contributed by atoms with Gasteiger partial charge in [-0.3, -0.25) is 10.1 Å². The lowest BCUT2D eigenvalue weighted by molar-refractivity contribution is 0.102. The number of amides is 1. The number of rotatable bonds is 6. The van der Waals surface area contributed by atoms with Gasteiger partial charge >= 0.3 is 0 Å². The molecule has 0 atom stereocenters. The number of benzene rings is 2. The number of hydrogen-bond acceptors (Lipinski definition) is 7. The maximum atomic E-state index is 13.0. The minimum Gasteiger partial charge on any atom is -0.493 e. The van der Waals surface area contributed by atoms with Crippen LogP contribution in [0.25, 0.3) is 11.0 Å². The van der Waals surface area contributed by atoms with E-state index < -0.39 is 0 Å². The van der Waals surface area contributed by atoms with E-state index in [0.717, 1.165) is 5.39 Å². The number of nitrogens with one attached hydrogen (secondary N) is 1. The summed E-state index contributed by atoms with van der Waals surface area (Å²) >= 11 is 1.33. The van der Waals surface area contributed by atoms with Gasteiger partial charge in [0.05, 0.1) is 13.7 Å². The second-order valence-electron chi connectivity index (χ2n) is 6.15. The lowest BCUT2D eigenvalue weighted by Gasteiger charge is -2.09. The lowest BCUT2D eigenvalue weighted by atomic mass is 10.1. The number of ether oxygens (including phenoxy) is 2. The molecule has 0 saturated carbocycles. The predicted octanol–water partition coefficient (Wildman–Crippen LogP) is 4.78. The summed E-state index contributed by atoms with van der Waals surface area (Å²) in [7, 11) is 1.56. The Morgan fingerprint density at radius 2 is 2.03 bits per heavy atom. The van der Waals surface area contributed by atoms with Crippen LogP contribution in [0, 0.1) is 0 Å². The van der Waals surface area contributed by atoms with Gasteiger partial charge in [0.1, 0.15) is 17.0 Å². The van der Waals surface area contributed by atoms with Crippen molar-refractivity contribution >= 4 is 39.0 Å². The summed E-state index contributed by atoms with van der Waals surface area (Å²) in [5, 5.41) is 5.78. The Bertz CT molecular complexity index is 1250. The van der Waals surface area contributed by atoms with Gasteiger partial charge < -0.3 is 13.9 Å². The van der Waals surface area contributed by atoms with E-state index in [1.165, 1.54) is 11.3 Å². The van der Waals surface area contributed by atoms with Crippen LogP contribution >= 0.6 is 11.3 Å². The molecule has 2 heterocycles. The third-order valence-corrected chi connectivity index (χ3v) is 4.93. The minimum atomic E-state index is -0.369. The van der Waals surface area contributed by atoms with Crippen molar-refractivity contribution in [1.82, 2.24) is 4.98 Å². The van der Waals surface area contributed by atoms with Crippen LogP contribution in [0.2, 0.25) is 0 Å². The van der Waals surface area contributed by atoms with Gasteiger partial charge in [0.2, 0.25) is 5.55 Å². The minimum absolute atomic E-state index is 0.146. The highest BCUT2D eigenvalue weighted by molar-refractivity contribution is 7.13. The number of carbonyl (C=O) groups is 1. The summed E-state index contributed by atoms with van der Waals surface area (Å²) in [6, 6.07) is 14.5. The van der Waals surface area contributed by atoms with Crippen molar-refractivity contribution in [3.63, 3.8) is 0 Å². The van der Waals surface area contributed by atoms with Crippen LogP contribution in [-0.4, -0.2) is 24.6 Å². The summed E-state index contributed by atoms with van der Waals surface area (Å²) in [6.45, 7) is 2.39. The van der Waals surface area contributed by atoms with Gasteiger partial charge in [0, 0.05) is 17.0 Å². The van der Waals surface area contributed by atoms with Crippen molar-refractivity contribution in [2.75, 3.05) is 19.0 Å². The number of thiazole rings is 1. The fourth-order valence-corrected chi connectivity index (χ4v) is 3.44. The first-order valence-electron chi connectivity index (χ1n) is 9.28.